The van der Waals surface area contributed by atoms with Crippen LogP contribution in [-0.2, 0) is 24.2 Å². The Balaban J connectivity index is 1.85. The summed E-state index contributed by atoms with van der Waals surface area (Å²) in [7, 11) is -2.94. The van der Waals surface area contributed by atoms with E-state index in [4.69, 9.17) is 9.84 Å². The number of morpholine rings is 1. The van der Waals surface area contributed by atoms with Gasteiger partial charge in [0.15, 0.2) is 9.84 Å². The predicted molar refractivity (Wildman–Crippen MR) is 78.1 cm³/mol. The molecule has 2 aliphatic heterocycles. The largest absolute Gasteiger partial charge is 0.481 e. The molecule has 9 heteroatoms. The summed E-state index contributed by atoms with van der Waals surface area (Å²) in [5.41, 5.74) is 0. The minimum atomic E-state index is -2.94. The summed E-state index contributed by atoms with van der Waals surface area (Å²) in [6, 6.07) is -0.434. The van der Waals surface area contributed by atoms with Crippen LogP contribution in [0.3, 0.4) is 0 Å². The molecule has 2 aliphatic rings. The first-order chi connectivity index (χ1) is 9.87. The summed E-state index contributed by atoms with van der Waals surface area (Å²) in [6.45, 7) is 1.03. The lowest BCUT2D eigenvalue weighted by Gasteiger charge is -2.35. The maximum atomic E-state index is 12.2. The third-order valence-electron chi connectivity index (χ3n) is 3.59. The Bertz CT molecular complexity index is 506. The van der Waals surface area contributed by atoms with Crippen LogP contribution in [0.1, 0.15) is 12.8 Å². The molecule has 1 N–H and O–H groups in total. The van der Waals surface area contributed by atoms with Crippen molar-refractivity contribution >= 4 is 33.5 Å². The topological polar surface area (TPSA) is 101 Å². The SMILES string of the molecule is O=C(O)CC1COCCN1C(=O)CSC1CCS(=O)(=O)C1. The van der Waals surface area contributed by atoms with Crippen LogP contribution in [0.15, 0.2) is 0 Å². The van der Waals surface area contributed by atoms with Crippen molar-refractivity contribution in [2.45, 2.75) is 24.1 Å². The molecule has 0 aliphatic carbocycles. The summed E-state index contributed by atoms with van der Waals surface area (Å²) in [5.74, 6) is -0.585. The average molecular weight is 337 g/mol. The van der Waals surface area contributed by atoms with Crippen molar-refractivity contribution in [2.75, 3.05) is 37.0 Å². The van der Waals surface area contributed by atoms with Crippen LogP contribution in [0.25, 0.3) is 0 Å². The summed E-state index contributed by atoms with van der Waals surface area (Å²) >= 11 is 1.35. The van der Waals surface area contributed by atoms with Gasteiger partial charge in [-0.05, 0) is 6.42 Å². The van der Waals surface area contributed by atoms with E-state index < -0.39 is 21.8 Å². The van der Waals surface area contributed by atoms with Gasteiger partial charge >= 0.3 is 5.97 Å². The van der Waals surface area contributed by atoms with Gasteiger partial charge in [-0.25, -0.2) is 8.42 Å². The number of carbonyl (C=O) groups is 2. The van der Waals surface area contributed by atoms with Crippen molar-refractivity contribution in [1.29, 1.82) is 0 Å². The van der Waals surface area contributed by atoms with Crippen LogP contribution in [0.5, 0.6) is 0 Å². The molecule has 2 saturated heterocycles. The molecule has 120 valence electrons. The summed E-state index contributed by atoms with van der Waals surface area (Å²) in [4.78, 5) is 24.6. The van der Waals surface area contributed by atoms with Crippen molar-refractivity contribution in [1.82, 2.24) is 4.90 Å². The lowest BCUT2D eigenvalue weighted by atomic mass is 10.1. The van der Waals surface area contributed by atoms with E-state index in [2.05, 4.69) is 0 Å². The van der Waals surface area contributed by atoms with E-state index in [0.29, 0.717) is 19.6 Å². The van der Waals surface area contributed by atoms with Gasteiger partial charge in [0.25, 0.3) is 0 Å². The van der Waals surface area contributed by atoms with Gasteiger partial charge < -0.3 is 14.7 Å². The molecule has 0 aromatic heterocycles. The van der Waals surface area contributed by atoms with Gasteiger partial charge in [0.1, 0.15) is 0 Å². The normalized spacial score (nSPS) is 28.5. The number of aliphatic carboxylic acids is 1. The zero-order valence-electron chi connectivity index (χ0n) is 11.6. The molecule has 0 aromatic carbocycles. The first kappa shape index (κ1) is 16.6. The number of sulfone groups is 1. The van der Waals surface area contributed by atoms with E-state index in [1.807, 2.05) is 0 Å². The van der Waals surface area contributed by atoms with Gasteiger partial charge in [0.2, 0.25) is 5.91 Å². The number of carboxylic acids is 1. The van der Waals surface area contributed by atoms with E-state index in [9.17, 15) is 18.0 Å². The van der Waals surface area contributed by atoms with Crippen LogP contribution in [0.2, 0.25) is 0 Å². The Morgan fingerprint density at radius 2 is 2.14 bits per heavy atom. The quantitative estimate of drug-likeness (QED) is 0.729. The third kappa shape index (κ3) is 4.86. The van der Waals surface area contributed by atoms with Crippen LogP contribution in [0, 0.1) is 0 Å². The molecule has 2 heterocycles. The van der Waals surface area contributed by atoms with E-state index in [-0.39, 0.29) is 41.4 Å². The molecule has 2 unspecified atom stereocenters. The van der Waals surface area contributed by atoms with Gasteiger partial charge in [0, 0.05) is 11.8 Å². The smallest absolute Gasteiger partial charge is 0.305 e. The highest BCUT2D eigenvalue weighted by atomic mass is 32.2. The fraction of sp³-hybridized carbons (Fsp3) is 0.833. The number of carbonyl (C=O) groups excluding carboxylic acids is 1. The van der Waals surface area contributed by atoms with Crippen LogP contribution < -0.4 is 0 Å². The summed E-state index contributed by atoms with van der Waals surface area (Å²) < 4.78 is 28.0. The van der Waals surface area contributed by atoms with E-state index in [1.54, 1.807) is 4.90 Å². The molecule has 0 aromatic rings. The molecule has 2 atom stereocenters. The highest BCUT2D eigenvalue weighted by molar-refractivity contribution is 8.02. The highest BCUT2D eigenvalue weighted by Gasteiger charge is 2.32. The van der Waals surface area contributed by atoms with Gasteiger partial charge in [-0.3, -0.25) is 9.59 Å². The predicted octanol–water partition coefficient (Wildman–Crippen LogP) is -0.391. The standard InChI is InChI=1S/C12H19NO6S2/c14-11(7-20-10-1-4-21(17,18)8-10)13-2-3-19-6-9(13)5-12(15)16/h9-10H,1-8H2,(H,15,16). The average Bonchev–Trinajstić information content (AvgIpc) is 2.75. The number of rotatable bonds is 5. The number of amides is 1. The molecule has 0 radical (unpaired) electrons. The second-order valence-electron chi connectivity index (χ2n) is 5.25. The van der Waals surface area contributed by atoms with E-state index in [1.165, 1.54) is 11.8 Å². The van der Waals surface area contributed by atoms with Crippen molar-refractivity contribution in [3.8, 4) is 0 Å². The Kier molecular flexibility index (Phi) is 5.50. The number of hydrogen-bond acceptors (Lipinski definition) is 6. The van der Waals surface area contributed by atoms with Gasteiger partial charge in [-0.1, -0.05) is 0 Å². The lowest BCUT2D eigenvalue weighted by molar-refractivity contribution is -0.144. The summed E-state index contributed by atoms with van der Waals surface area (Å²) in [5, 5.41) is 8.83. The second kappa shape index (κ2) is 6.97. The zero-order valence-corrected chi connectivity index (χ0v) is 13.2. The number of thioether (sulfide) groups is 1. The maximum absolute atomic E-state index is 12.2. The summed E-state index contributed by atoms with van der Waals surface area (Å²) in [6.07, 6.45) is 0.455. The third-order valence-corrected chi connectivity index (χ3v) is 6.86. The van der Waals surface area contributed by atoms with E-state index >= 15 is 0 Å². The molecular weight excluding hydrogens is 318 g/mol. The molecule has 0 spiro atoms. The number of carboxylic acid groups (broad SMARTS) is 1. The molecule has 2 fully saturated rings. The monoisotopic (exact) mass is 337 g/mol. The van der Waals surface area contributed by atoms with Gasteiger partial charge in [-0.2, -0.15) is 0 Å². The minimum absolute atomic E-state index is 0.0297. The molecular formula is C12H19NO6S2. The van der Waals surface area contributed by atoms with Crippen LogP contribution in [0.4, 0.5) is 0 Å². The Labute approximate surface area is 127 Å². The first-order valence-corrected chi connectivity index (χ1v) is 9.65. The van der Waals surface area contributed by atoms with Crippen LogP contribution >= 0.6 is 11.8 Å². The molecule has 1 amide bonds. The van der Waals surface area contributed by atoms with Crippen molar-refractivity contribution in [3.63, 3.8) is 0 Å². The number of ether oxygens (including phenoxy) is 1. The van der Waals surface area contributed by atoms with Crippen molar-refractivity contribution < 1.29 is 27.9 Å². The Hall–Kier alpha value is -0.800. The first-order valence-electron chi connectivity index (χ1n) is 6.78. The fourth-order valence-electron chi connectivity index (χ4n) is 2.52. The van der Waals surface area contributed by atoms with Crippen LogP contribution in [-0.4, -0.2) is 78.6 Å². The molecule has 2 rings (SSSR count). The zero-order chi connectivity index (χ0) is 15.5. The Morgan fingerprint density at radius 1 is 1.38 bits per heavy atom. The number of nitrogens with zero attached hydrogens (tertiary/aromatic N) is 1. The Morgan fingerprint density at radius 3 is 2.76 bits per heavy atom. The highest BCUT2D eigenvalue weighted by Crippen LogP contribution is 2.25. The van der Waals surface area contributed by atoms with Crippen molar-refractivity contribution in [3.05, 3.63) is 0 Å². The maximum Gasteiger partial charge on any atom is 0.305 e. The van der Waals surface area contributed by atoms with E-state index in [0.717, 1.165) is 0 Å². The lowest BCUT2D eigenvalue weighted by Crippen LogP contribution is -2.50. The van der Waals surface area contributed by atoms with Gasteiger partial charge in [-0.15, -0.1) is 11.8 Å². The molecule has 0 saturated carbocycles. The second-order valence-corrected chi connectivity index (χ2v) is 8.77. The molecule has 0 bridgehead atoms. The fourth-order valence-corrected chi connectivity index (χ4v) is 6.05. The molecule has 21 heavy (non-hydrogen) atoms. The number of hydrogen-bond donors (Lipinski definition) is 1. The van der Waals surface area contributed by atoms with Gasteiger partial charge in [0.05, 0.1) is 42.9 Å². The van der Waals surface area contributed by atoms with Crippen molar-refractivity contribution in [2.24, 2.45) is 0 Å². The molecule has 7 nitrogen and oxygen atoms in total. The minimum Gasteiger partial charge on any atom is -0.481 e.